The number of nitrogens with one attached hydrogen (secondary N) is 2. The SMILES string of the molecule is CNCCCCS(=O)(=O)NC1CCC(SC)CC1. The van der Waals surface area contributed by atoms with Crippen LogP contribution in [0.1, 0.15) is 38.5 Å². The minimum atomic E-state index is -3.07. The summed E-state index contributed by atoms with van der Waals surface area (Å²) < 4.78 is 26.6. The molecule has 0 amide bonds. The maximum Gasteiger partial charge on any atom is 0.211 e. The third-order valence-corrected chi connectivity index (χ3v) is 6.10. The second-order valence-corrected chi connectivity index (χ2v) is 7.97. The van der Waals surface area contributed by atoms with Crippen LogP contribution < -0.4 is 10.0 Å². The van der Waals surface area contributed by atoms with E-state index in [-0.39, 0.29) is 11.8 Å². The van der Waals surface area contributed by atoms with Gasteiger partial charge in [0, 0.05) is 11.3 Å². The molecule has 0 aromatic rings. The fourth-order valence-corrected chi connectivity index (χ4v) is 4.51. The molecule has 4 nitrogen and oxygen atoms in total. The van der Waals surface area contributed by atoms with Crippen molar-refractivity contribution in [3.8, 4) is 0 Å². The van der Waals surface area contributed by atoms with Crippen LogP contribution in [-0.4, -0.2) is 45.3 Å². The highest BCUT2D eigenvalue weighted by Gasteiger charge is 2.23. The summed E-state index contributed by atoms with van der Waals surface area (Å²) in [7, 11) is -1.18. The number of thioether (sulfide) groups is 1. The van der Waals surface area contributed by atoms with E-state index in [1.165, 1.54) is 0 Å². The second-order valence-electron chi connectivity index (χ2n) is 4.96. The first kappa shape index (κ1) is 16.3. The van der Waals surface area contributed by atoms with Crippen molar-refractivity contribution in [2.24, 2.45) is 0 Å². The van der Waals surface area contributed by atoms with Crippen LogP contribution in [0.2, 0.25) is 0 Å². The summed E-state index contributed by atoms with van der Waals surface area (Å²) in [5.74, 6) is 0.261. The number of hydrogen-bond acceptors (Lipinski definition) is 4. The molecule has 0 unspecified atom stereocenters. The monoisotopic (exact) mass is 294 g/mol. The Morgan fingerprint density at radius 1 is 1.17 bits per heavy atom. The van der Waals surface area contributed by atoms with Gasteiger partial charge in [-0.2, -0.15) is 11.8 Å². The quantitative estimate of drug-likeness (QED) is 0.667. The van der Waals surface area contributed by atoms with Gasteiger partial charge in [-0.1, -0.05) is 0 Å². The van der Waals surface area contributed by atoms with E-state index in [1.807, 2.05) is 18.8 Å². The summed E-state index contributed by atoms with van der Waals surface area (Å²) in [6.07, 6.45) is 8.02. The van der Waals surface area contributed by atoms with Crippen LogP contribution in [0.4, 0.5) is 0 Å². The van der Waals surface area contributed by atoms with Crippen molar-refractivity contribution in [3.05, 3.63) is 0 Å². The van der Waals surface area contributed by atoms with Gasteiger partial charge >= 0.3 is 0 Å². The summed E-state index contributed by atoms with van der Waals surface area (Å²) in [4.78, 5) is 0. The lowest BCUT2D eigenvalue weighted by Gasteiger charge is -2.27. The highest BCUT2D eigenvalue weighted by atomic mass is 32.2. The Morgan fingerprint density at radius 3 is 2.39 bits per heavy atom. The molecule has 0 bridgehead atoms. The molecule has 1 saturated carbocycles. The normalized spacial score (nSPS) is 25.2. The first-order chi connectivity index (χ1) is 8.57. The molecule has 2 N–H and O–H groups in total. The summed E-state index contributed by atoms with van der Waals surface area (Å²) >= 11 is 1.90. The lowest BCUT2D eigenvalue weighted by Crippen LogP contribution is -2.39. The zero-order chi connectivity index (χ0) is 13.4. The molecule has 0 aliphatic heterocycles. The van der Waals surface area contributed by atoms with Crippen LogP contribution in [0.5, 0.6) is 0 Å². The molecule has 0 heterocycles. The molecule has 0 radical (unpaired) electrons. The van der Waals surface area contributed by atoms with Gasteiger partial charge < -0.3 is 5.32 Å². The summed E-state index contributed by atoms with van der Waals surface area (Å²) in [6, 6.07) is 0.169. The van der Waals surface area contributed by atoms with Crippen molar-refractivity contribution in [1.82, 2.24) is 10.0 Å². The van der Waals surface area contributed by atoms with E-state index >= 15 is 0 Å². The van der Waals surface area contributed by atoms with Crippen LogP contribution in [0.25, 0.3) is 0 Å². The smallest absolute Gasteiger partial charge is 0.211 e. The Hall–Kier alpha value is 0.220. The third-order valence-electron chi connectivity index (χ3n) is 3.44. The van der Waals surface area contributed by atoms with Crippen LogP contribution >= 0.6 is 11.8 Å². The van der Waals surface area contributed by atoms with E-state index in [0.717, 1.165) is 50.3 Å². The summed E-state index contributed by atoms with van der Waals surface area (Å²) in [5.41, 5.74) is 0. The molecule has 1 fully saturated rings. The standard InChI is InChI=1S/C12H26N2O2S2/c1-13-9-3-4-10-18(15,16)14-11-5-7-12(17-2)8-6-11/h11-14H,3-10H2,1-2H3. The Balaban J connectivity index is 2.24. The maximum atomic E-state index is 11.9. The van der Waals surface area contributed by atoms with Gasteiger partial charge in [0.25, 0.3) is 0 Å². The maximum absolute atomic E-state index is 11.9. The highest BCUT2D eigenvalue weighted by molar-refractivity contribution is 7.99. The Kier molecular flexibility index (Phi) is 7.60. The van der Waals surface area contributed by atoms with E-state index in [0.29, 0.717) is 0 Å². The van der Waals surface area contributed by atoms with E-state index in [4.69, 9.17) is 0 Å². The average molecular weight is 294 g/mol. The molecule has 0 atom stereocenters. The van der Waals surface area contributed by atoms with Crippen molar-refractivity contribution < 1.29 is 8.42 Å². The topological polar surface area (TPSA) is 58.2 Å². The molecule has 18 heavy (non-hydrogen) atoms. The average Bonchev–Trinajstić information content (AvgIpc) is 2.35. The largest absolute Gasteiger partial charge is 0.320 e. The first-order valence-electron chi connectivity index (χ1n) is 6.75. The lowest BCUT2D eigenvalue weighted by atomic mass is 9.96. The number of rotatable bonds is 8. The van der Waals surface area contributed by atoms with Gasteiger partial charge in [0.05, 0.1) is 5.75 Å². The molecule has 108 valence electrons. The molecule has 0 saturated heterocycles. The van der Waals surface area contributed by atoms with Gasteiger partial charge in [0.1, 0.15) is 0 Å². The van der Waals surface area contributed by atoms with E-state index in [1.54, 1.807) is 0 Å². The molecule has 0 spiro atoms. The predicted molar refractivity (Wildman–Crippen MR) is 79.6 cm³/mol. The van der Waals surface area contributed by atoms with E-state index in [2.05, 4.69) is 16.3 Å². The molecular formula is C12H26N2O2S2. The fourth-order valence-electron chi connectivity index (χ4n) is 2.32. The van der Waals surface area contributed by atoms with Crippen molar-refractivity contribution in [2.45, 2.75) is 49.8 Å². The van der Waals surface area contributed by atoms with Gasteiger partial charge in [-0.3, -0.25) is 0 Å². The van der Waals surface area contributed by atoms with Crippen molar-refractivity contribution in [2.75, 3.05) is 25.6 Å². The molecule has 1 aliphatic carbocycles. The molecular weight excluding hydrogens is 268 g/mol. The van der Waals surface area contributed by atoms with Crippen LogP contribution in [0.3, 0.4) is 0 Å². The van der Waals surface area contributed by atoms with Crippen LogP contribution in [-0.2, 0) is 10.0 Å². The fraction of sp³-hybridized carbons (Fsp3) is 1.00. The van der Waals surface area contributed by atoms with Gasteiger partial charge in [-0.05, 0) is 58.4 Å². The number of unbranched alkanes of at least 4 members (excludes halogenated alkanes) is 1. The molecule has 1 rings (SSSR count). The number of hydrogen-bond donors (Lipinski definition) is 2. The minimum absolute atomic E-state index is 0.169. The zero-order valence-electron chi connectivity index (χ0n) is 11.4. The van der Waals surface area contributed by atoms with Gasteiger partial charge in [-0.15, -0.1) is 0 Å². The Labute approximate surface area is 116 Å². The van der Waals surface area contributed by atoms with E-state index in [9.17, 15) is 8.42 Å². The van der Waals surface area contributed by atoms with E-state index < -0.39 is 10.0 Å². The molecule has 1 aliphatic rings. The molecule has 0 aromatic carbocycles. The van der Waals surface area contributed by atoms with Gasteiger partial charge in [-0.25, -0.2) is 13.1 Å². The molecule has 0 aromatic heterocycles. The summed E-state index contributed by atoms with van der Waals surface area (Å²) in [6.45, 7) is 0.883. The van der Waals surface area contributed by atoms with Gasteiger partial charge in [0.2, 0.25) is 10.0 Å². The second kappa shape index (κ2) is 8.40. The molecule has 6 heteroatoms. The first-order valence-corrected chi connectivity index (χ1v) is 9.69. The Morgan fingerprint density at radius 2 is 1.83 bits per heavy atom. The minimum Gasteiger partial charge on any atom is -0.320 e. The van der Waals surface area contributed by atoms with Crippen LogP contribution in [0.15, 0.2) is 0 Å². The van der Waals surface area contributed by atoms with Crippen LogP contribution in [0, 0.1) is 0 Å². The van der Waals surface area contributed by atoms with Crippen molar-refractivity contribution in [1.29, 1.82) is 0 Å². The van der Waals surface area contributed by atoms with Gasteiger partial charge in [0.15, 0.2) is 0 Å². The van der Waals surface area contributed by atoms with Crippen molar-refractivity contribution >= 4 is 21.8 Å². The lowest BCUT2D eigenvalue weighted by molar-refractivity contribution is 0.419. The predicted octanol–water partition coefficient (Wildman–Crippen LogP) is 1.58. The van der Waals surface area contributed by atoms with Crippen molar-refractivity contribution in [3.63, 3.8) is 0 Å². The number of sulfonamides is 1. The summed E-state index contributed by atoms with van der Waals surface area (Å²) in [5, 5.41) is 3.75. The Bertz CT molecular complexity index is 312. The highest BCUT2D eigenvalue weighted by Crippen LogP contribution is 2.27. The zero-order valence-corrected chi connectivity index (χ0v) is 13.1. The third kappa shape index (κ3) is 6.41.